The van der Waals surface area contributed by atoms with Crippen molar-refractivity contribution in [1.82, 2.24) is 19.2 Å². The zero-order valence-corrected chi connectivity index (χ0v) is 11.9. The van der Waals surface area contributed by atoms with E-state index in [-0.39, 0.29) is 0 Å². The molecule has 2 aromatic heterocycles. The van der Waals surface area contributed by atoms with E-state index in [4.69, 9.17) is 5.10 Å². The van der Waals surface area contributed by atoms with Gasteiger partial charge in [0.25, 0.3) is 0 Å². The van der Waals surface area contributed by atoms with Gasteiger partial charge in [0.1, 0.15) is 10.4 Å². The lowest BCUT2D eigenvalue weighted by atomic mass is 9.89. The van der Waals surface area contributed by atoms with Crippen molar-refractivity contribution in [2.75, 3.05) is 0 Å². The van der Waals surface area contributed by atoms with Gasteiger partial charge in [0.05, 0.1) is 5.69 Å². The number of imidazole rings is 1. The van der Waals surface area contributed by atoms with Crippen molar-refractivity contribution < 1.29 is 0 Å². The van der Waals surface area contributed by atoms with Gasteiger partial charge in [-0.1, -0.05) is 19.3 Å². The number of hydrogen-bond donors (Lipinski definition) is 0. The maximum atomic E-state index is 4.73. The average molecular weight is 297 g/mol. The third-order valence-electron chi connectivity index (χ3n) is 3.76. The molecule has 0 amide bonds. The third kappa shape index (κ3) is 1.71. The molecular weight excluding hydrogens is 280 g/mol. The van der Waals surface area contributed by atoms with Crippen LogP contribution in [0.4, 0.5) is 0 Å². The van der Waals surface area contributed by atoms with Crippen LogP contribution >= 0.6 is 15.9 Å². The first-order valence-electron chi connectivity index (χ1n) is 6.26. The molecule has 0 atom stereocenters. The molecule has 17 heavy (non-hydrogen) atoms. The summed E-state index contributed by atoms with van der Waals surface area (Å²) in [4.78, 5) is 4.54. The summed E-state index contributed by atoms with van der Waals surface area (Å²) in [6, 6.07) is 0. The summed E-state index contributed by atoms with van der Waals surface area (Å²) in [6.07, 6.45) is 6.58. The zero-order chi connectivity index (χ0) is 12.0. The highest BCUT2D eigenvalue weighted by molar-refractivity contribution is 9.10. The van der Waals surface area contributed by atoms with Crippen molar-refractivity contribution in [3.8, 4) is 0 Å². The van der Waals surface area contributed by atoms with Gasteiger partial charge < -0.3 is 0 Å². The van der Waals surface area contributed by atoms with E-state index >= 15 is 0 Å². The molecule has 5 heteroatoms. The summed E-state index contributed by atoms with van der Waals surface area (Å²) >= 11 is 3.55. The van der Waals surface area contributed by atoms with Crippen molar-refractivity contribution in [3.05, 3.63) is 16.1 Å². The molecule has 2 aromatic rings. The maximum Gasteiger partial charge on any atom is 0.233 e. The summed E-state index contributed by atoms with van der Waals surface area (Å²) in [6.45, 7) is 2.00. The van der Waals surface area contributed by atoms with E-state index in [1.807, 2.05) is 11.4 Å². The highest BCUT2D eigenvalue weighted by atomic mass is 79.9. The van der Waals surface area contributed by atoms with Gasteiger partial charge in [-0.15, -0.1) is 0 Å². The Kier molecular flexibility index (Phi) is 2.73. The molecule has 4 nitrogen and oxygen atoms in total. The molecule has 0 aromatic carbocycles. The van der Waals surface area contributed by atoms with Gasteiger partial charge in [-0.3, -0.25) is 4.57 Å². The molecule has 1 aliphatic rings. The topological polar surface area (TPSA) is 35.1 Å². The molecule has 0 aliphatic heterocycles. The Morgan fingerprint density at radius 1 is 1.24 bits per heavy atom. The molecule has 1 saturated carbocycles. The molecule has 0 N–H and O–H groups in total. The molecule has 3 rings (SSSR count). The van der Waals surface area contributed by atoms with Gasteiger partial charge in [-0.25, -0.2) is 4.98 Å². The molecule has 92 valence electrons. The summed E-state index contributed by atoms with van der Waals surface area (Å²) in [5.74, 6) is 2.74. The highest BCUT2D eigenvalue weighted by Crippen LogP contribution is 2.32. The molecule has 0 unspecified atom stereocenters. The normalized spacial score (nSPS) is 18.1. The number of aromatic nitrogens is 4. The standard InChI is InChI=1S/C12H17BrN4/c1-8-10(13)17-12(14-8)16(2)11(15-17)9-6-4-3-5-7-9/h9H,3-7H2,1-2H3. The predicted octanol–water partition coefficient (Wildman–Crippen LogP) is 3.19. The van der Waals surface area contributed by atoms with Crippen LogP contribution in [0.25, 0.3) is 5.78 Å². The minimum absolute atomic E-state index is 0.614. The molecule has 0 spiro atoms. The summed E-state index contributed by atoms with van der Waals surface area (Å²) in [5.41, 5.74) is 0.998. The lowest BCUT2D eigenvalue weighted by Gasteiger charge is -2.20. The van der Waals surface area contributed by atoms with E-state index < -0.39 is 0 Å². The van der Waals surface area contributed by atoms with E-state index in [0.29, 0.717) is 5.92 Å². The minimum Gasteiger partial charge on any atom is -0.300 e. The second-order valence-electron chi connectivity index (χ2n) is 4.95. The summed E-state index contributed by atoms with van der Waals surface area (Å²) in [5, 5.41) is 4.73. The van der Waals surface area contributed by atoms with Crippen molar-refractivity contribution in [2.24, 2.45) is 7.05 Å². The number of fused-ring (bicyclic) bond motifs is 1. The van der Waals surface area contributed by atoms with Crippen molar-refractivity contribution in [1.29, 1.82) is 0 Å². The minimum atomic E-state index is 0.614. The van der Waals surface area contributed by atoms with Crippen LogP contribution in [0.1, 0.15) is 49.5 Å². The molecule has 0 bridgehead atoms. The molecule has 2 heterocycles. The first-order chi connectivity index (χ1) is 8.18. The van der Waals surface area contributed by atoms with Crippen molar-refractivity contribution >= 4 is 21.7 Å². The highest BCUT2D eigenvalue weighted by Gasteiger charge is 2.23. The molecule has 0 radical (unpaired) electrons. The van der Waals surface area contributed by atoms with Crippen molar-refractivity contribution in [2.45, 2.75) is 44.9 Å². The van der Waals surface area contributed by atoms with Gasteiger partial charge >= 0.3 is 0 Å². The Balaban J connectivity index is 2.08. The van der Waals surface area contributed by atoms with Crippen LogP contribution < -0.4 is 0 Å². The fraction of sp³-hybridized carbons (Fsp3) is 0.667. The second-order valence-corrected chi connectivity index (χ2v) is 5.70. The first kappa shape index (κ1) is 11.3. The number of hydrogen-bond acceptors (Lipinski definition) is 2. The number of aryl methyl sites for hydroxylation is 2. The van der Waals surface area contributed by atoms with Crippen molar-refractivity contribution in [3.63, 3.8) is 0 Å². The van der Waals surface area contributed by atoms with Gasteiger partial charge in [0.15, 0.2) is 0 Å². The quantitative estimate of drug-likeness (QED) is 0.810. The Hall–Kier alpha value is -0.840. The lowest BCUT2D eigenvalue weighted by Crippen LogP contribution is -2.10. The van der Waals surface area contributed by atoms with Gasteiger partial charge in [0, 0.05) is 13.0 Å². The largest absolute Gasteiger partial charge is 0.300 e. The Bertz CT molecular complexity index is 548. The number of nitrogens with zero attached hydrogens (tertiary/aromatic N) is 4. The van der Waals surface area contributed by atoms with Crippen LogP contribution in [0.15, 0.2) is 4.60 Å². The van der Waals surface area contributed by atoms with E-state index in [1.54, 1.807) is 0 Å². The van der Waals surface area contributed by atoms with Gasteiger partial charge in [0.2, 0.25) is 5.78 Å². The number of halogens is 1. The number of rotatable bonds is 1. The van der Waals surface area contributed by atoms with E-state index in [0.717, 1.165) is 16.1 Å². The van der Waals surface area contributed by atoms with E-state index in [2.05, 4.69) is 32.5 Å². The van der Waals surface area contributed by atoms with Gasteiger partial charge in [-0.05, 0) is 35.7 Å². The van der Waals surface area contributed by atoms with Crippen LogP contribution in [0.3, 0.4) is 0 Å². The van der Waals surface area contributed by atoms with Crippen LogP contribution in [0.5, 0.6) is 0 Å². The van der Waals surface area contributed by atoms with Crippen LogP contribution in [0, 0.1) is 6.92 Å². The zero-order valence-electron chi connectivity index (χ0n) is 10.3. The molecule has 0 saturated heterocycles. The Labute approximate surface area is 109 Å². The lowest BCUT2D eigenvalue weighted by molar-refractivity contribution is 0.420. The second kappa shape index (κ2) is 4.12. The summed E-state index contributed by atoms with van der Waals surface area (Å²) < 4.78 is 5.04. The average Bonchev–Trinajstić information content (AvgIpc) is 2.81. The maximum absolute atomic E-state index is 4.73. The predicted molar refractivity (Wildman–Crippen MR) is 70.2 cm³/mol. The Morgan fingerprint density at radius 2 is 1.94 bits per heavy atom. The molecule has 1 aliphatic carbocycles. The third-order valence-corrected chi connectivity index (χ3v) is 4.67. The monoisotopic (exact) mass is 296 g/mol. The fourth-order valence-corrected chi connectivity index (χ4v) is 3.11. The van der Waals surface area contributed by atoms with Crippen LogP contribution in [0.2, 0.25) is 0 Å². The van der Waals surface area contributed by atoms with E-state index in [1.165, 1.54) is 37.9 Å². The fourth-order valence-electron chi connectivity index (χ4n) is 2.78. The van der Waals surface area contributed by atoms with E-state index in [9.17, 15) is 0 Å². The molecular formula is C12H17BrN4. The Morgan fingerprint density at radius 3 is 2.59 bits per heavy atom. The summed E-state index contributed by atoms with van der Waals surface area (Å²) in [7, 11) is 2.07. The van der Waals surface area contributed by atoms with Gasteiger partial charge in [-0.2, -0.15) is 9.61 Å². The van der Waals surface area contributed by atoms with Crippen LogP contribution in [-0.4, -0.2) is 19.2 Å². The first-order valence-corrected chi connectivity index (χ1v) is 7.05. The smallest absolute Gasteiger partial charge is 0.233 e. The molecule has 1 fully saturated rings. The SMILES string of the molecule is Cc1nc2n(C)c(C3CCCCC3)nn2c1Br. The van der Waals surface area contributed by atoms with Crippen LogP contribution in [-0.2, 0) is 7.05 Å².